The van der Waals surface area contributed by atoms with Crippen molar-refractivity contribution in [3.63, 3.8) is 0 Å². The number of allylic oxidation sites excluding steroid dienone is 8. The van der Waals surface area contributed by atoms with Gasteiger partial charge in [0.05, 0.1) is 0 Å². The van der Waals surface area contributed by atoms with Crippen LogP contribution in [0.25, 0.3) is 0 Å². The number of unbranched alkanes of at least 4 members (excludes halogenated alkanes) is 18. The molecular formula is C42H74O4. The molecule has 0 saturated carbocycles. The van der Waals surface area contributed by atoms with E-state index in [1.54, 1.807) is 0 Å². The van der Waals surface area contributed by atoms with E-state index in [2.05, 4.69) is 62.5 Å². The van der Waals surface area contributed by atoms with Crippen molar-refractivity contribution < 1.29 is 19.4 Å². The molecule has 0 rings (SSSR count). The molecule has 4 heteroatoms. The first kappa shape index (κ1) is 43.9. The second-order valence-corrected chi connectivity index (χ2v) is 13.1. The molecule has 0 spiro atoms. The highest BCUT2D eigenvalue weighted by Crippen LogP contribution is 2.18. The molecule has 1 unspecified atom stereocenters. The van der Waals surface area contributed by atoms with E-state index in [0.717, 1.165) is 83.5 Å². The quantitative estimate of drug-likeness (QED) is 0.0424. The Bertz CT molecular complexity index is 779. The number of aliphatic carboxylic acids is 1. The van der Waals surface area contributed by atoms with E-state index < -0.39 is 5.97 Å². The van der Waals surface area contributed by atoms with Gasteiger partial charge in [-0.2, -0.15) is 0 Å². The van der Waals surface area contributed by atoms with Crippen molar-refractivity contribution in [2.24, 2.45) is 0 Å². The maximum absolute atomic E-state index is 12.5. The van der Waals surface area contributed by atoms with Crippen LogP contribution in [0.4, 0.5) is 0 Å². The summed E-state index contributed by atoms with van der Waals surface area (Å²) in [4.78, 5) is 23.1. The van der Waals surface area contributed by atoms with Crippen molar-refractivity contribution in [2.75, 3.05) is 0 Å². The van der Waals surface area contributed by atoms with Gasteiger partial charge in [-0.3, -0.25) is 9.59 Å². The average Bonchev–Trinajstić information content (AvgIpc) is 3.04. The molecule has 0 bridgehead atoms. The zero-order valence-electron chi connectivity index (χ0n) is 30.4. The Balaban J connectivity index is 3.78. The van der Waals surface area contributed by atoms with Gasteiger partial charge in [-0.05, 0) is 83.5 Å². The molecule has 0 aliphatic heterocycles. The molecule has 0 radical (unpaired) electrons. The van der Waals surface area contributed by atoms with Crippen molar-refractivity contribution in [3.05, 3.63) is 48.6 Å². The first-order valence-electron chi connectivity index (χ1n) is 19.6. The fourth-order valence-electron chi connectivity index (χ4n) is 5.64. The van der Waals surface area contributed by atoms with Crippen molar-refractivity contribution in [2.45, 2.75) is 206 Å². The minimum absolute atomic E-state index is 0.00511. The number of ether oxygens (including phenoxy) is 1. The van der Waals surface area contributed by atoms with Crippen molar-refractivity contribution >= 4 is 11.9 Å². The van der Waals surface area contributed by atoms with Gasteiger partial charge in [0.25, 0.3) is 0 Å². The third-order valence-electron chi connectivity index (χ3n) is 8.55. The van der Waals surface area contributed by atoms with Crippen molar-refractivity contribution in [3.8, 4) is 0 Å². The van der Waals surface area contributed by atoms with E-state index in [0.29, 0.717) is 12.8 Å². The zero-order valence-corrected chi connectivity index (χ0v) is 30.4. The molecule has 266 valence electrons. The molecule has 0 amide bonds. The molecule has 0 aromatic rings. The van der Waals surface area contributed by atoms with Crippen LogP contribution in [-0.4, -0.2) is 23.1 Å². The molecule has 0 aliphatic carbocycles. The van der Waals surface area contributed by atoms with E-state index in [1.165, 1.54) is 89.9 Å². The number of carbonyl (C=O) groups excluding carboxylic acids is 1. The van der Waals surface area contributed by atoms with Gasteiger partial charge >= 0.3 is 11.9 Å². The second kappa shape index (κ2) is 37.4. The fourth-order valence-corrected chi connectivity index (χ4v) is 5.64. The molecule has 4 nitrogen and oxygen atoms in total. The number of carbonyl (C=O) groups is 2. The fraction of sp³-hybridized carbons (Fsp3) is 0.762. The maximum Gasteiger partial charge on any atom is 0.306 e. The van der Waals surface area contributed by atoms with Crippen LogP contribution >= 0.6 is 0 Å². The lowest BCUT2D eigenvalue weighted by atomic mass is 10.0. The Morgan fingerprint density at radius 2 is 0.848 bits per heavy atom. The van der Waals surface area contributed by atoms with E-state index in [4.69, 9.17) is 9.84 Å². The predicted octanol–water partition coefficient (Wildman–Crippen LogP) is 13.6. The number of carboxylic acid groups (broad SMARTS) is 1. The molecule has 0 fully saturated rings. The molecule has 0 aromatic carbocycles. The standard InChI is InChI=1S/C42H74O4/c1-3-5-7-8-9-10-11-12-13-14-15-16-17-18-19-20-21-25-28-31-35-39-42(45)46-40(36-32-6-4-2)37-33-29-26-23-22-24-27-30-34-38-41(43)44/h9-10,12-13,15-16,18-19,40H,3-8,11,14,17,20-39H2,1-2H3,(H,43,44)/b10-9-,13-12-,16-15-,19-18-. The van der Waals surface area contributed by atoms with Gasteiger partial charge in [0, 0.05) is 12.8 Å². The SMILES string of the molecule is CCCCC/C=C\C/C=C\C/C=C\C/C=C\CCCCCCCC(=O)OC(CCCCC)CCCCCCCCCCCC(=O)O. The van der Waals surface area contributed by atoms with Gasteiger partial charge in [0.15, 0.2) is 0 Å². The van der Waals surface area contributed by atoms with Gasteiger partial charge < -0.3 is 9.84 Å². The summed E-state index contributed by atoms with van der Waals surface area (Å²) in [6.45, 7) is 4.47. The number of carboxylic acids is 1. The number of hydrogen-bond donors (Lipinski definition) is 1. The summed E-state index contributed by atoms with van der Waals surface area (Å²) < 4.78 is 5.94. The summed E-state index contributed by atoms with van der Waals surface area (Å²) in [6.07, 6.45) is 50.1. The molecule has 1 N–H and O–H groups in total. The van der Waals surface area contributed by atoms with Crippen LogP contribution < -0.4 is 0 Å². The summed E-state index contributed by atoms with van der Waals surface area (Å²) in [5, 5.41) is 8.70. The van der Waals surface area contributed by atoms with Crippen molar-refractivity contribution in [1.29, 1.82) is 0 Å². The van der Waals surface area contributed by atoms with Crippen LogP contribution in [0.1, 0.15) is 200 Å². The monoisotopic (exact) mass is 643 g/mol. The van der Waals surface area contributed by atoms with Gasteiger partial charge in [0.1, 0.15) is 6.10 Å². The first-order chi connectivity index (χ1) is 22.6. The smallest absolute Gasteiger partial charge is 0.306 e. The molecule has 46 heavy (non-hydrogen) atoms. The van der Waals surface area contributed by atoms with Crippen LogP contribution in [0.5, 0.6) is 0 Å². The topological polar surface area (TPSA) is 63.6 Å². The van der Waals surface area contributed by atoms with Gasteiger partial charge in [-0.25, -0.2) is 0 Å². The molecule has 1 atom stereocenters. The highest BCUT2D eigenvalue weighted by atomic mass is 16.5. The summed E-state index contributed by atoms with van der Waals surface area (Å²) in [5.41, 5.74) is 0. The molecule has 0 aliphatic rings. The largest absolute Gasteiger partial charge is 0.481 e. The third kappa shape index (κ3) is 36.4. The molecule has 0 heterocycles. The van der Waals surface area contributed by atoms with Gasteiger partial charge in [-0.15, -0.1) is 0 Å². The molecule has 0 aromatic heterocycles. The Kier molecular flexibility index (Phi) is 35.7. The summed E-state index contributed by atoms with van der Waals surface area (Å²) >= 11 is 0. The Morgan fingerprint density at radius 1 is 0.478 bits per heavy atom. The van der Waals surface area contributed by atoms with E-state index in [1.807, 2.05) is 0 Å². The van der Waals surface area contributed by atoms with E-state index >= 15 is 0 Å². The second-order valence-electron chi connectivity index (χ2n) is 13.1. The van der Waals surface area contributed by atoms with Crippen LogP contribution in [0.2, 0.25) is 0 Å². The lowest BCUT2D eigenvalue weighted by molar-refractivity contribution is -0.150. The van der Waals surface area contributed by atoms with Crippen LogP contribution in [0, 0.1) is 0 Å². The predicted molar refractivity (Wildman–Crippen MR) is 199 cm³/mol. The normalized spacial score (nSPS) is 12.7. The first-order valence-corrected chi connectivity index (χ1v) is 19.6. The van der Waals surface area contributed by atoms with E-state index in [9.17, 15) is 9.59 Å². The van der Waals surface area contributed by atoms with Crippen LogP contribution in [0.3, 0.4) is 0 Å². The zero-order chi connectivity index (χ0) is 33.6. The molecular weight excluding hydrogens is 568 g/mol. The Hall–Kier alpha value is -2.10. The maximum atomic E-state index is 12.5. The van der Waals surface area contributed by atoms with Gasteiger partial charge in [0.2, 0.25) is 0 Å². The Labute approximate surface area is 285 Å². The molecule has 0 saturated heterocycles. The summed E-state index contributed by atoms with van der Waals surface area (Å²) in [5.74, 6) is -0.676. The highest BCUT2D eigenvalue weighted by Gasteiger charge is 2.14. The summed E-state index contributed by atoms with van der Waals surface area (Å²) in [7, 11) is 0. The van der Waals surface area contributed by atoms with E-state index in [-0.39, 0.29) is 12.1 Å². The average molecular weight is 643 g/mol. The minimum atomic E-state index is -0.682. The lowest BCUT2D eigenvalue weighted by Crippen LogP contribution is -2.18. The van der Waals surface area contributed by atoms with Crippen LogP contribution in [-0.2, 0) is 14.3 Å². The Morgan fingerprint density at radius 3 is 1.35 bits per heavy atom. The lowest BCUT2D eigenvalue weighted by Gasteiger charge is -2.18. The third-order valence-corrected chi connectivity index (χ3v) is 8.55. The number of hydrogen-bond acceptors (Lipinski definition) is 3. The van der Waals surface area contributed by atoms with Crippen molar-refractivity contribution in [1.82, 2.24) is 0 Å². The van der Waals surface area contributed by atoms with Crippen LogP contribution in [0.15, 0.2) is 48.6 Å². The number of rotatable bonds is 35. The van der Waals surface area contributed by atoms with Gasteiger partial charge in [-0.1, -0.05) is 152 Å². The number of esters is 1. The summed E-state index contributed by atoms with van der Waals surface area (Å²) in [6, 6.07) is 0. The highest BCUT2D eigenvalue weighted by molar-refractivity contribution is 5.69. The minimum Gasteiger partial charge on any atom is -0.481 e.